The quantitative estimate of drug-likeness (QED) is 0.208. The molecule has 1 N–H and O–H groups in total. The largest absolute Gasteiger partial charge is 0.418 e. The number of hydrazone groups is 1. The number of hydrogen-bond acceptors (Lipinski definition) is 5. The van der Waals surface area contributed by atoms with E-state index in [0.29, 0.717) is 5.16 Å². The number of rotatable bonds is 5. The molecular formula is C16H15Cl2F3N4S. The Labute approximate surface area is 163 Å². The SMILES string of the molecule is CSc1nc(Cl)c(/C=N/Nc2cccc(C(C)C)c2C(F)(F)F)c(Cl)n1. The van der Waals surface area contributed by atoms with Gasteiger partial charge in [-0.1, -0.05) is 60.9 Å². The van der Waals surface area contributed by atoms with Crippen molar-refractivity contribution < 1.29 is 13.2 Å². The zero-order valence-corrected chi connectivity index (χ0v) is 16.4. The Morgan fingerprint density at radius 2 is 1.81 bits per heavy atom. The monoisotopic (exact) mass is 422 g/mol. The summed E-state index contributed by atoms with van der Waals surface area (Å²) in [6, 6.07) is 4.30. The highest BCUT2D eigenvalue weighted by atomic mass is 35.5. The summed E-state index contributed by atoms with van der Waals surface area (Å²) in [5, 5.41) is 4.34. The lowest BCUT2D eigenvalue weighted by Gasteiger charge is -2.19. The number of alkyl halides is 3. The summed E-state index contributed by atoms with van der Waals surface area (Å²) >= 11 is 13.3. The molecule has 0 amide bonds. The minimum atomic E-state index is -4.52. The molecule has 2 aromatic rings. The second-order valence-electron chi connectivity index (χ2n) is 5.50. The van der Waals surface area contributed by atoms with Gasteiger partial charge in [0.05, 0.1) is 23.0 Å². The Morgan fingerprint density at radius 3 is 2.31 bits per heavy atom. The van der Waals surface area contributed by atoms with E-state index in [1.807, 2.05) is 0 Å². The van der Waals surface area contributed by atoms with Crippen molar-refractivity contribution in [3.05, 3.63) is 45.2 Å². The van der Waals surface area contributed by atoms with Crippen LogP contribution in [-0.2, 0) is 6.18 Å². The van der Waals surface area contributed by atoms with Crippen LogP contribution in [0.3, 0.4) is 0 Å². The second kappa shape index (κ2) is 8.45. The summed E-state index contributed by atoms with van der Waals surface area (Å²) in [6.07, 6.45) is -1.56. The highest BCUT2D eigenvalue weighted by Gasteiger charge is 2.36. The van der Waals surface area contributed by atoms with E-state index < -0.39 is 11.7 Å². The average Bonchev–Trinajstić information content (AvgIpc) is 2.55. The third-order valence-corrected chi connectivity index (χ3v) is 4.52. The third-order valence-electron chi connectivity index (χ3n) is 3.40. The molecule has 26 heavy (non-hydrogen) atoms. The van der Waals surface area contributed by atoms with E-state index in [-0.39, 0.29) is 33.0 Å². The van der Waals surface area contributed by atoms with Crippen molar-refractivity contribution in [1.82, 2.24) is 9.97 Å². The molecule has 1 aromatic heterocycles. The summed E-state index contributed by atoms with van der Waals surface area (Å²) < 4.78 is 40.4. The Kier molecular flexibility index (Phi) is 6.76. The van der Waals surface area contributed by atoms with Crippen LogP contribution in [0.25, 0.3) is 0 Å². The lowest BCUT2D eigenvalue weighted by molar-refractivity contribution is -0.137. The predicted octanol–water partition coefficient (Wildman–Crippen LogP) is 6.09. The summed E-state index contributed by atoms with van der Waals surface area (Å²) in [7, 11) is 0. The molecule has 4 nitrogen and oxygen atoms in total. The molecule has 0 saturated heterocycles. The Bertz CT molecular complexity index is 803. The zero-order chi connectivity index (χ0) is 19.5. The fourth-order valence-electron chi connectivity index (χ4n) is 2.22. The lowest BCUT2D eigenvalue weighted by Crippen LogP contribution is -2.13. The van der Waals surface area contributed by atoms with E-state index in [9.17, 15) is 13.2 Å². The highest BCUT2D eigenvalue weighted by molar-refractivity contribution is 7.98. The van der Waals surface area contributed by atoms with Crippen LogP contribution in [0.5, 0.6) is 0 Å². The van der Waals surface area contributed by atoms with Gasteiger partial charge in [-0.25, -0.2) is 9.97 Å². The van der Waals surface area contributed by atoms with Gasteiger partial charge in [-0.3, -0.25) is 5.43 Å². The topological polar surface area (TPSA) is 50.2 Å². The summed E-state index contributed by atoms with van der Waals surface area (Å²) in [5.41, 5.74) is 1.90. The van der Waals surface area contributed by atoms with Crippen molar-refractivity contribution in [2.45, 2.75) is 31.1 Å². The lowest BCUT2D eigenvalue weighted by atomic mass is 9.95. The maximum absolute atomic E-state index is 13.5. The Morgan fingerprint density at radius 1 is 1.19 bits per heavy atom. The van der Waals surface area contributed by atoms with Gasteiger partial charge in [0.1, 0.15) is 10.3 Å². The molecule has 0 unspecified atom stereocenters. The first-order chi connectivity index (χ1) is 12.1. The third kappa shape index (κ3) is 4.81. The summed E-state index contributed by atoms with van der Waals surface area (Å²) in [6.45, 7) is 3.39. The molecule has 0 atom stereocenters. The maximum atomic E-state index is 13.5. The molecule has 0 bridgehead atoms. The van der Waals surface area contributed by atoms with Crippen molar-refractivity contribution in [3.8, 4) is 0 Å². The van der Waals surface area contributed by atoms with Crippen LogP contribution in [-0.4, -0.2) is 22.4 Å². The number of halogens is 5. The van der Waals surface area contributed by atoms with Gasteiger partial charge in [0.2, 0.25) is 0 Å². The van der Waals surface area contributed by atoms with Gasteiger partial charge < -0.3 is 0 Å². The molecule has 140 valence electrons. The maximum Gasteiger partial charge on any atom is 0.418 e. The first-order valence-electron chi connectivity index (χ1n) is 7.41. The number of benzene rings is 1. The van der Waals surface area contributed by atoms with E-state index >= 15 is 0 Å². The molecule has 0 fully saturated rings. The number of aromatic nitrogens is 2. The molecule has 0 radical (unpaired) electrons. The predicted molar refractivity (Wildman–Crippen MR) is 101 cm³/mol. The minimum absolute atomic E-state index is 0.0619. The van der Waals surface area contributed by atoms with Gasteiger partial charge in [0.25, 0.3) is 0 Å². The van der Waals surface area contributed by atoms with Crippen molar-refractivity contribution in [3.63, 3.8) is 0 Å². The molecule has 1 aromatic carbocycles. The fraction of sp³-hybridized carbons (Fsp3) is 0.312. The Balaban J connectivity index is 2.36. The van der Waals surface area contributed by atoms with E-state index in [2.05, 4.69) is 20.5 Å². The number of anilines is 1. The van der Waals surface area contributed by atoms with E-state index in [1.165, 1.54) is 30.1 Å². The highest BCUT2D eigenvalue weighted by Crippen LogP contribution is 2.40. The Hall–Kier alpha value is -1.51. The summed E-state index contributed by atoms with van der Waals surface area (Å²) in [4.78, 5) is 8.01. The van der Waals surface area contributed by atoms with Crippen molar-refractivity contribution in [2.24, 2.45) is 5.10 Å². The minimum Gasteiger partial charge on any atom is -0.278 e. The van der Waals surface area contributed by atoms with E-state index in [1.54, 1.807) is 26.2 Å². The van der Waals surface area contributed by atoms with Gasteiger partial charge in [-0.2, -0.15) is 18.3 Å². The van der Waals surface area contributed by atoms with Crippen LogP contribution in [0.1, 0.15) is 36.5 Å². The zero-order valence-electron chi connectivity index (χ0n) is 14.0. The van der Waals surface area contributed by atoms with Gasteiger partial charge in [-0.15, -0.1) is 0 Å². The van der Waals surface area contributed by atoms with Crippen LogP contribution in [0.15, 0.2) is 28.5 Å². The molecular weight excluding hydrogens is 408 g/mol. The van der Waals surface area contributed by atoms with Crippen LogP contribution in [0.2, 0.25) is 10.3 Å². The van der Waals surface area contributed by atoms with Crippen molar-refractivity contribution >= 4 is 46.9 Å². The molecule has 1 heterocycles. The van der Waals surface area contributed by atoms with Crippen LogP contribution in [0.4, 0.5) is 18.9 Å². The standard InChI is InChI=1S/C16H15Cl2F3N4S/c1-8(2)9-5-4-6-11(12(9)16(19,20)21)25-22-7-10-13(17)23-15(26-3)24-14(10)18/h4-8,25H,1-3H3/b22-7+. The molecule has 0 spiro atoms. The summed E-state index contributed by atoms with van der Waals surface area (Å²) in [5.74, 6) is -0.297. The van der Waals surface area contributed by atoms with Gasteiger partial charge in [0.15, 0.2) is 5.16 Å². The number of hydrogen-bond donors (Lipinski definition) is 1. The molecule has 0 saturated carbocycles. The molecule has 10 heteroatoms. The number of nitrogens with one attached hydrogen (secondary N) is 1. The van der Waals surface area contributed by atoms with Crippen molar-refractivity contribution in [1.29, 1.82) is 0 Å². The van der Waals surface area contributed by atoms with Gasteiger partial charge in [0, 0.05) is 0 Å². The normalized spacial score (nSPS) is 12.2. The van der Waals surface area contributed by atoms with Gasteiger partial charge >= 0.3 is 6.18 Å². The van der Waals surface area contributed by atoms with E-state index in [4.69, 9.17) is 23.2 Å². The van der Waals surface area contributed by atoms with Crippen LogP contribution < -0.4 is 5.43 Å². The first-order valence-corrected chi connectivity index (χ1v) is 9.39. The van der Waals surface area contributed by atoms with Gasteiger partial charge in [-0.05, 0) is 23.8 Å². The fourth-order valence-corrected chi connectivity index (χ4v) is 3.17. The molecule has 2 rings (SSSR count). The molecule has 0 aliphatic heterocycles. The van der Waals surface area contributed by atoms with E-state index in [0.717, 1.165) is 0 Å². The second-order valence-corrected chi connectivity index (χ2v) is 6.99. The molecule has 0 aliphatic rings. The smallest absolute Gasteiger partial charge is 0.278 e. The van der Waals surface area contributed by atoms with Crippen LogP contribution >= 0.6 is 35.0 Å². The average molecular weight is 423 g/mol. The number of nitrogens with zero attached hydrogens (tertiary/aromatic N) is 3. The first kappa shape index (κ1) is 20.8. The van der Waals surface area contributed by atoms with Crippen LogP contribution in [0, 0.1) is 0 Å². The van der Waals surface area contributed by atoms with Crippen molar-refractivity contribution in [2.75, 3.05) is 11.7 Å². The molecule has 0 aliphatic carbocycles. The number of thioether (sulfide) groups is 1.